The standard InChI is InChI=1S/C14H25N3O3S/c1-5-21(19)9-8-17-11-15-10-12(17)6-7-16-13(18)20-14(2,3)4/h10-11H,5-9H2,1-4H3,(H,16,18). The zero-order valence-electron chi connectivity index (χ0n) is 13.2. The average Bonchev–Trinajstić information content (AvgIpc) is 2.81. The minimum Gasteiger partial charge on any atom is -0.444 e. The molecule has 0 fully saturated rings. The van der Waals surface area contributed by atoms with Crippen LogP contribution in [0.5, 0.6) is 0 Å². The number of aromatic nitrogens is 2. The molecule has 1 atom stereocenters. The van der Waals surface area contributed by atoms with Crippen molar-refractivity contribution in [3.63, 3.8) is 0 Å². The molecule has 1 aromatic rings. The highest BCUT2D eigenvalue weighted by Gasteiger charge is 2.15. The normalized spacial score (nSPS) is 13.0. The van der Waals surface area contributed by atoms with Gasteiger partial charge in [0.2, 0.25) is 0 Å². The summed E-state index contributed by atoms with van der Waals surface area (Å²) in [5, 5.41) is 2.72. The van der Waals surface area contributed by atoms with Crippen LogP contribution in [0.4, 0.5) is 4.79 Å². The van der Waals surface area contributed by atoms with Crippen LogP contribution in [0.25, 0.3) is 0 Å². The molecule has 0 aromatic carbocycles. The fourth-order valence-corrected chi connectivity index (χ4v) is 2.40. The Balaban J connectivity index is 2.37. The third-order valence-electron chi connectivity index (χ3n) is 2.73. The van der Waals surface area contributed by atoms with Gasteiger partial charge in [0.05, 0.1) is 6.33 Å². The number of hydrogen-bond acceptors (Lipinski definition) is 4. The van der Waals surface area contributed by atoms with Crippen molar-refractivity contribution >= 4 is 16.9 Å². The number of aryl methyl sites for hydroxylation is 1. The first kappa shape index (κ1) is 17.7. The summed E-state index contributed by atoms with van der Waals surface area (Å²) < 4.78 is 18.6. The molecule has 0 spiro atoms. The maximum Gasteiger partial charge on any atom is 0.407 e. The first-order valence-corrected chi connectivity index (χ1v) is 8.61. The number of carbonyl (C=O) groups is 1. The van der Waals surface area contributed by atoms with Crippen LogP contribution in [0.15, 0.2) is 12.5 Å². The molecule has 0 saturated carbocycles. The number of nitrogens with zero attached hydrogens (tertiary/aromatic N) is 2. The fraction of sp³-hybridized carbons (Fsp3) is 0.714. The Morgan fingerprint density at radius 2 is 2.19 bits per heavy atom. The number of imidazole rings is 1. The van der Waals surface area contributed by atoms with Gasteiger partial charge in [0.25, 0.3) is 0 Å². The minimum atomic E-state index is -0.783. The second-order valence-electron chi connectivity index (χ2n) is 5.69. The van der Waals surface area contributed by atoms with Crippen LogP contribution in [0.2, 0.25) is 0 Å². The molecule has 0 aliphatic carbocycles. The smallest absolute Gasteiger partial charge is 0.407 e. The van der Waals surface area contributed by atoms with E-state index in [1.54, 1.807) is 12.5 Å². The van der Waals surface area contributed by atoms with Gasteiger partial charge >= 0.3 is 6.09 Å². The summed E-state index contributed by atoms with van der Waals surface area (Å²) in [7, 11) is -0.783. The number of hydrogen-bond donors (Lipinski definition) is 1. The molecule has 1 rings (SSSR count). The summed E-state index contributed by atoms with van der Waals surface area (Å²) in [6.45, 7) is 8.57. The van der Waals surface area contributed by atoms with E-state index in [4.69, 9.17) is 4.74 Å². The predicted molar refractivity (Wildman–Crippen MR) is 83.7 cm³/mol. The molecule has 0 bridgehead atoms. The number of amides is 1. The second kappa shape index (κ2) is 8.17. The number of ether oxygens (including phenoxy) is 1. The Morgan fingerprint density at radius 3 is 2.81 bits per heavy atom. The van der Waals surface area contributed by atoms with Crippen LogP contribution in [0, 0.1) is 0 Å². The lowest BCUT2D eigenvalue weighted by molar-refractivity contribution is 0.0528. The number of nitrogens with one attached hydrogen (secondary N) is 1. The van der Waals surface area contributed by atoms with Crippen LogP contribution >= 0.6 is 0 Å². The first-order valence-electron chi connectivity index (χ1n) is 7.12. The quantitative estimate of drug-likeness (QED) is 0.831. The summed E-state index contributed by atoms with van der Waals surface area (Å²) in [5.41, 5.74) is 0.523. The van der Waals surface area contributed by atoms with Gasteiger partial charge in [-0.25, -0.2) is 9.78 Å². The molecule has 1 amide bonds. The molecule has 0 aliphatic heterocycles. The van der Waals surface area contributed by atoms with Crippen molar-refractivity contribution in [1.82, 2.24) is 14.9 Å². The van der Waals surface area contributed by atoms with Gasteiger partial charge in [-0.05, 0) is 20.8 Å². The van der Waals surface area contributed by atoms with Crippen molar-refractivity contribution < 1.29 is 13.7 Å². The number of alkyl carbamates (subject to hydrolysis) is 1. The monoisotopic (exact) mass is 315 g/mol. The van der Waals surface area contributed by atoms with Crippen molar-refractivity contribution in [2.45, 2.75) is 46.3 Å². The van der Waals surface area contributed by atoms with Gasteiger partial charge in [0, 0.05) is 53.7 Å². The average molecular weight is 315 g/mol. The summed E-state index contributed by atoms with van der Waals surface area (Å²) in [6.07, 6.45) is 3.75. The van der Waals surface area contributed by atoms with E-state index in [0.717, 1.165) is 5.69 Å². The van der Waals surface area contributed by atoms with E-state index in [-0.39, 0.29) is 0 Å². The summed E-state index contributed by atoms with van der Waals surface area (Å²) >= 11 is 0. The van der Waals surface area contributed by atoms with Crippen LogP contribution in [-0.2, 0) is 28.5 Å². The van der Waals surface area contributed by atoms with E-state index in [9.17, 15) is 9.00 Å². The molecule has 0 saturated heterocycles. The summed E-state index contributed by atoms with van der Waals surface area (Å²) in [5.74, 6) is 1.30. The Labute approximate surface area is 128 Å². The van der Waals surface area contributed by atoms with Gasteiger partial charge in [-0.3, -0.25) is 4.21 Å². The minimum absolute atomic E-state index is 0.416. The highest BCUT2D eigenvalue weighted by atomic mass is 32.2. The molecule has 1 N–H and O–H groups in total. The van der Waals surface area contributed by atoms with Gasteiger partial charge in [-0.15, -0.1) is 0 Å². The van der Waals surface area contributed by atoms with Gasteiger partial charge < -0.3 is 14.6 Å². The summed E-state index contributed by atoms with van der Waals surface area (Å²) in [4.78, 5) is 15.6. The maximum absolute atomic E-state index is 11.5. The lowest BCUT2D eigenvalue weighted by Gasteiger charge is -2.19. The van der Waals surface area contributed by atoms with Crippen molar-refractivity contribution in [2.75, 3.05) is 18.1 Å². The molecular formula is C14H25N3O3S. The van der Waals surface area contributed by atoms with Gasteiger partial charge in [-0.1, -0.05) is 6.92 Å². The third-order valence-corrected chi connectivity index (χ3v) is 4.01. The van der Waals surface area contributed by atoms with Crippen molar-refractivity contribution in [1.29, 1.82) is 0 Å². The Bertz CT molecular complexity index is 480. The van der Waals surface area contributed by atoms with E-state index < -0.39 is 22.5 Å². The van der Waals surface area contributed by atoms with Crippen LogP contribution in [-0.4, -0.2) is 43.5 Å². The topological polar surface area (TPSA) is 73.2 Å². The molecule has 1 heterocycles. The van der Waals surface area contributed by atoms with Crippen LogP contribution in [0.1, 0.15) is 33.4 Å². The van der Waals surface area contributed by atoms with Crippen molar-refractivity contribution in [3.05, 3.63) is 18.2 Å². The maximum atomic E-state index is 11.5. The molecule has 21 heavy (non-hydrogen) atoms. The Hall–Kier alpha value is -1.37. The Kier molecular flexibility index (Phi) is 6.87. The second-order valence-corrected chi connectivity index (χ2v) is 7.55. The van der Waals surface area contributed by atoms with Gasteiger partial charge in [-0.2, -0.15) is 0 Å². The van der Waals surface area contributed by atoms with Crippen molar-refractivity contribution in [2.24, 2.45) is 0 Å². The first-order chi connectivity index (χ1) is 9.81. The van der Waals surface area contributed by atoms with Gasteiger partial charge in [0.15, 0.2) is 0 Å². The number of carbonyl (C=O) groups excluding carboxylic acids is 1. The lowest BCUT2D eigenvalue weighted by atomic mass is 10.2. The third kappa shape index (κ3) is 7.27. The van der Waals surface area contributed by atoms with Crippen LogP contribution in [0.3, 0.4) is 0 Å². The van der Waals surface area contributed by atoms with E-state index in [0.29, 0.717) is 31.0 Å². The zero-order chi connectivity index (χ0) is 15.9. The fourth-order valence-electron chi connectivity index (χ4n) is 1.71. The van der Waals surface area contributed by atoms with E-state index >= 15 is 0 Å². The van der Waals surface area contributed by atoms with Gasteiger partial charge in [0.1, 0.15) is 5.60 Å². The number of rotatable bonds is 7. The molecule has 6 nitrogen and oxygen atoms in total. The van der Waals surface area contributed by atoms with E-state index in [2.05, 4.69) is 10.3 Å². The molecule has 120 valence electrons. The molecule has 7 heteroatoms. The molecular weight excluding hydrogens is 290 g/mol. The van der Waals surface area contributed by atoms with Crippen molar-refractivity contribution in [3.8, 4) is 0 Å². The van der Waals surface area contributed by atoms with Crippen LogP contribution < -0.4 is 5.32 Å². The highest BCUT2D eigenvalue weighted by molar-refractivity contribution is 7.84. The lowest BCUT2D eigenvalue weighted by Crippen LogP contribution is -2.33. The molecule has 1 unspecified atom stereocenters. The van der Waals surface area contributed by atoms with E-state index in [1.165, 1.54) is 0 Å². The van der Waals surface area contributed by atoms with E-state index in [1.807, 2.05) is 32.3 Å². The largest absolute Gasteiger partial charge is 0.444 e. The predicted octanol–water partition coefficient (Wildman–Crippen LogP) is 1.72. The summed E-state index contributed by atoms with van der Waals surface area (Å²) in [6, 6.07) is 0. The highest BCUT2D eigenvalue weighted by Crippen LogP contribution is 2.06. The Morgan fingerprint density at radius 1 is 1.48 bits per heavy atom. The molecule has 1 aromatic heterocycles. The molecule has 0 aliphatic rings. The molecule has 0 radical (unpaired) electrons. The SMILES string of the molecule is CCS(=O)CCn1cncc1CCNC(=O)OC(C)(C)C. The zero-order valence-corrected chi connectivity index (χ0v) is 14.0.